The van der Waals surface area contributed by atoms with Gasteiger partial charge in [-0.1, -0.05) is 53.4 Å². The lowest BCUT2D eigenvalue weighted by Crippen LogP contribution is -1.74. The van der Waals surface area contributed by atoms with E-state index in [9.17, 15) is 0 Å². The molecule has 1 fully saturated rings. The largest absolute Gasteiger partial charge is 0.381 e. The Balaban J connectivity index is 0. The first kappa shape index (κ1) is 15.4. The molecule has 0 spiro atoms. The van der Waals surface area contributed by atoms with Gasteiger partial charge in [0, 0.05) is 13.2 Å². The first-order chi connectivity index (χ1) is 6.33. The molecular formula is C12H28O. The SMILES string of the molecule is C1CCOC1.CCCC.CCCC. The van der Waals surface area contributed by atoms with Crippen LogP contribution in [0.25, 0.3) is 0 Å². The van der Waals surface area contributed by atoms with E-state index in [-0.39, 0.29) is 0 Å². The van der Waals surface area contributed by atoms with Crippen molar-refractivity contribution in [3.05, 3.63) is 0 Å². The minimum Gasteiger partial charge on any atom is -0.381 e. The normalized spacial score (nSPS) is 13.8. The van der Waals surface area contributed by atoms with Crippen molar-refractivity contribution in [3.8, 4) is 0 Å². The summed E-state index contributed by atoms with van der Waals surface area (Å²) in [6, 6.07) is 0. The van der Waals surface area contributed by atoms with Gasteiger partial charge >= 0.3 is 0 Å². The highest BCUT2D eigenvalue weighted by atomic mass is 16.5. The van der Waals surface area contributed by atoms with Gasteiger partial charge in [-0.2, -0.15) is 0 Å². The zero-order valence-electron chi connectivity index (χ0n) is 10.1. The van der Waals surface area contributed by atoms with Gasteiger partial charge in [0.15, 0.2) is 0 Å². The minimum atomic E-state index is 1.00. The van der Waals surface area contributed by atoms with Crippen molar-refractivity contribution < 1.29 is 4.74 Å². The number of hydrogen-bond donors (Lipinski definition) is 0. The van der Waals surface area contributed by atoms with Gasteiger partial charge in [0.25, 0.3) is 0 Å². The van der Waals surface area contributed by atoms with Gasteiger partial charge < -0.3 is 4.74 Å². The Labute approximate surface area is 84.9 Å². The molecular weight excluding hydrogens is 160 g/mol. The average molecular weight is 188 g/mol. The third kappa shape index (κ3) is 24.5. The van der Waals surface area contributed by atoms with E-state index >= 15 is 0 Å². The topological polar surface area (TPSA) is 9.23 Å². The van der Waals surface area contributed by atoms with Crippen LogP contribution in [0.3, 0.4) is 0 Å². The summed E-state index contributed by atoms with van der Waals surface area (Å²) in [6.07, 6.45) is 7.83. The fourth-order valence-corrected chi connectivity index (χ4v) is 0.510. The predicted molar refractivity (Wildman–Crippen MR) is 61.2 cm³/mol. The van der Waals surface area contributed by atoms with Crippen molar-refractivity contribution in [1.29, 1.82) is 0 Å². The number of unbranched alkanes of at least 4 members (excludes halogenated alkanes) is 2. The average Bonchev–Trinajstić information content (AvgIpc) is 2.76. The molecule has 1 nitrogen and oxygen atoms in total. The van der Waals surface area contributed by atoms with Crippen molar-refractivity contribution in [3.63, 3.8) is 0 Å². The highest BCUT2D eigenvalue weighted by molar-refractivity contribution is 4.43. The quantitative estimate of drug-likeness (QED) is 0.623. The molecule has 1 aliphatic rings. The van der Waals surface area contributed by atoms with E-state index in [1.54, 1.807) is 0 Å². The molecule has 1 heterocycles. The Bertz CT molecular complexity index is 42.5. The molecule has 0 saturated carbocycles. The summed E-state index contributed by atoms with van der Waals surface area (Å²) in [5.41, 5.74) is 0. The fourth-order valence-electron chi connectivity index (χ4n) is 0.510. The number of hydrogen-bond acceptors (Lipinski definition) is 1. The van der Waals surface area contributed by atoms with Crippen molar-refractivity contribution in [2.45, 2.75) is 66.2 Å². The predicted octanol–water partition coefficient (Wildman–Crippen LogP) is 4.41. The van der Waals surface area contributed by atoms with Crippen molar-refractivity contribution in [2.75, 3.05) is 13.2 Å². The van der Waals surface area contributed by atoms with Gasteiger partial charge in [-0.25, -0.2) is 0 Å². The van der Waals surface area contributed by atoms with Gasteiger partial charge in [0.1, 0.15) is 0 Å². The second kappa shape index (κ2) is 17.9. The lowest BCUT2D eigenvalue weighted by molar-refractivity contribution is 0.198. The Morgan fingerprint density at radius 2 is 1.00 bits per heavy atom. The molecule has 1 saturated heterocycles. The summed E-state index contributed by atoms with van der Waals surface area (Å²) in [5.74, 6) is 0. The van der Waals surface area contributed by atoms with Crippen LogP contribution in [0, 0.1) is 0 Å². The zero-order valence-corrected chi connectivity index (χ0v) is 10.1. The van der Waals surface area contributed by atoms with E-state index in [0.717, 1.165) is 13.2 Å². The van der Waals surface area contributed by atoms with Gasteiger partial charge in [-0.05, 0) is 12.8 Å². The lowest BCUT2D eigenvalue weighted by Gasteiger charge is -1.76. The van der Waals surface area contributed by atoms with E-state index < -0.39 is 0 Å². The van der Waals surface area contributed by atoms with E-state index in [2.05, 4.69) is 27.7 Å². The van der Waals surface area contributed by atoms with Gasteiger partial charge in [0.2, 0.25) is 0 Å². The summed E-state index contributed by atoms with van der Waals surface area (Å²) in [6.45, 7) is 10.7. The molecule has 0 aromatic rings. The van der Waals surface area contributed by atoms with Crippen LogP contribution in [0.4, 0.5) is 0 Å². The van der Waals surface area contributed by atoms with E-state index in [4.69, 9.17) is 4.74 Å². The minimum absolute atomic E-state index is 1.00. The Morgan fingerprint density at radius 1 is 0.692 bits per heavy atom. The summed E-state index contributed by atoms with van der Waals surface area (Å²) in [4.78, 5) is 0. The molecule has 0 amide bonds. The van der Waals surface area contributed by atoms with E-state index in [1.807, 2.05) is 0 Å². The standard InChI is InChI=1S/C4H8O.2C4H10/c1-2-4-5-3-1;2*1-3-4-2/h1-4H2;2*3-4H2,1-2H3. The van der Waals surface area contributed by atoms with Crippen molar-refractivity contribution in [2.24, 2.45) is 0 Å². The monoisotopic (exact) mass is 188 g/mol. The molecule has 1 rings (SSSR count). The lowest BCUT2D eigenvalue weighted by atomic mass is 10.4. The summed E-state index contributed by atoms with van der Waals surface area (Å²) in [5, 5.41) is 0. The highest BCUT2D eigenvalue weighted by Crippen LogP contribution is 1.98. The maximum absolute atomic E-state index is 4.94. The maximum Gasteiger partial charge on any atom is 0.0466 e. The first-order valence-corrected chi connectivity index (χ1v) is 5.91. The van der Waals surface area contributed by atoms with Gasteiger partial charge in [-0.3, -0.25) is 0 Å². The molecule has 0 aromatic heterocycles. The Hall–Kier alpha value is -0.0400. The molecule has 0 radical (unpaired) electrons. The first-order valence-electron chi connectivity index (χ1n) is 5.91. The number of rotatable bonds is 2. The Kier molecular flexibility index (Phi) is 21.2. The van der Waals surface area contributed by atoms with Crippen LogP contribution >= 0.6 is 0 Å². The molecule has 13 heavy (non-hydrogen) atoms. The molecule has 0 aromatic carbocycles. The van der Waals surface area contributed by atoms with Crippen LogP contribution in [0.2, 0.25) is 0 Å². The van der Waals surface area contributed by atoms with Crippen LogP contribution in [-0.4, -0.2) is 13.2 Å². The molecule has 0 bridgehead atoms. The molecule has 1 aliphatic heterocycles. The van der Waals surface area contributed by atoms with Gasteiger partial charge in [-0.15, -0.1) is 0 Å². The molecule has 1 heteroatoms. The summed E-state index contributed by atoms with van der Waals surface area (Å²) in [7, 11) is 0. The smallest absolute Gasteiger partial charge is 0.0466 e. The number of ether oxygens (including phenoxy) is 1. The zero-order chi connectivity index (χ0) is 10.4. The van der Waals surface area contributed by atoms with Crippen LogP contribution in [0.5, 0.6) is 0 Å². The van der Waals surface area contributed by atoms with Crippen LogP contribution < -0.4 is 0 Å². The highest BCUT2D eigenvalue weighted by Gasteiger charge is 1.94. The molecule has 0 aliphatic carbocycles. The second-order valence-corrected chi connectivity index (χ2v) is 3.32. The van der Waals surface area contributed by atoms with E-state index in [0.29, 0.717) is 0 Å². The Morgan fingerprint density at radius 3 is 1.08 bits per heavy atom. The second-order valence-electron chi connectivity index (χ2n) is 3.32. The summed E-state index contributed by atoms with van der Waals surface area (Å²) < 4.78 is 4.94. The maximum atomic E-state index is 4.94. The van der Waals surface area contributed by atoms with Crippen LogP contribution in [-0.2, 0) is 4.74 Å². The van der Waals surface area contributed by atoms with E-state index in [1.165, 1.54) is 38.5 Å². The third-order valence-electron chi connectivity index (χ3n) is 1.83. The van der Waals surface area contributed by atoms with Crippen LogP contribution in [0.15, 0.2) is 0 Å². The molecule has 0 atom stereocenters. The third-order valence-corrected chi connectivity index (χ3v) is 1.83. The molecule has 82 valence electrons. The summed E-state index contributed by atoms with van der Waals surface area (Å²) >= 11 is 0. The van der Waals surface area contributed by atoms with Crippen LogP contribution in [0.1, 0.15) is 66.2 Å². The van der Waals surface area contributed by atoms with Crippen molar-refractivity contribution in [1.82, 2.24) is 0 Å². The fraction of sp³-hybridized carbons (Fsp3) is 1.00. The molecule has 0 N–H and O–H groups in total. The molecule has 0 unspecified atom stereocenters. The van der Waals surface area contributed by atoms with Gasteiger partial charge in [0.05, 0.1) is 0 Å². The van der Waals surface area contributed by atoms with Crippen molar-refractivity contribution >= 4 is 0 Å².